The number of rotatable bonds is 12. The molecule has 0 heterocycles. The number of fused-ring (bicyclic) bond motifs is 1. The summed E-state index contributed by atoms with van der Waals surface area (Å²) in [5.41, 5.74) is 5.28. The zero-order chi connectivity index (χ0) is 24.4. The van der Waals surface area contributed by atoms with Crippen LogP contribution in [0.3, 0.4) is 0 Å². The molecule has 1 aromatic rings. The maximum Gasteiger partial charge on any atom is 0.223 e. The van der Waals surface area contributed by atoms with Crippen molar-refractivity contribution in [1.82, 2.24) is 16.0 Å². The van der Waals surface area contributed by atoms with Crippen molar-refractivity contribution < 1.29 is 9.59 Å². The van der Waals surface area contributed by atoms with Crippen LogP contribution in [0.15, 0.2) is 54.6 Å². The molecule has 1 fully saturated rings. The smallest absolute Gasteiger partial charge is 0.223 e. The lowest BCUT2D eigenvalue weighted by molar-refractivity contribution is -0.126. The molecule has 0 aromatic heterocycles. The van der Waals surface area contributed by atoms with Crippen LogP contribution in [0, 0.1) is 5.92 Å². The maximum absolute atomic E-state index is 12.6. The molecule has 3 N–H and O–H groups in total. The third kappa shape index (κ3) is 5.69. The van der Waals surface area contributed by atoms with Crippen molar-refractivity contribution in [2.45, 2.75) is 70.3 Å². The summed E-state index contributed by atoms with van der Waals surface area (Å²) in [6.07, 6.45) is 13.6. The van der Waals surface area contributed by atoms with Crippen LogP contribution in [-0.2, 0) is 15.0 Å². The minimum absolute atomic E-state index is 0.0749. The highest BCUT2D eigenvalue weighted by molar-refractivity contribution is 5.90. The highest BCUT2D eigenvalue weighted by Gasteiger charge is 2.44. The molecule has 2 aliphatic carbocycles. The number of benzene rings is 1. The Hall–Kier alpha value is -2.66. The number of hydrogen-bond acceptors (Lipinski definition) is 3. The zero-order valence-corrected chi connectivity index (χ0v) is 20.9. The van der Waals surface area contributed by atoms with Crippen molar-refractivity contribution in [3.05, 3.63) is 65.8 Å². The van der Waals surface area contributed by atoms with Crippen LogP contribution in [0.2, 0.25) is 0 Å². The number of hydrogen-bond donors (Lipinski definition) is 3. The van der Waals surface area contributed by atoms with Crippen molar-refractivity contribution in [3.63, 3.8) is 0 Å². The van der Waals surface area contributed by atoms with Gasteiger partial charge in [0.15, 0.2) is 0 Å². The van der Waals surface area contributed by atoms with Gasteiger partial charge in [-0.15, -0.1) is 0 Å². The fraction of sp³-hybridized carbons (Fsp3) is 0.517. The number of allylic oxidation sites excluding steroid dienone is 4. The number of unbranched alkanes of at least 4 members (excludes halogenated alkanes) is 1. The van der Waals surface area contributed by atoms with Gasteiger partial charge >= 0.3 is 0 Å². The van der Waals surface area contributed by atoms with E-state index in [9.17, 15) is 9.59 Å². The Labute approximate surface area is 205 Å². The van der Waals surface area contributed by atoms with Crippen molar-refractivity contribution in [1.29, 1.82) is 0 Å². The second kappa shape index (κ2) is 12.7. The molecule has 2 aliphatic rings. The first-order chi connectivity index (χ1) is 16.6. The van der Waals surface area contributed by atoms with Gasteiger partial charge in [0.05, 0.1) is 0 Å². The third-order valence-corrected chi connectivity index (χ3v) is 7.52. The monoisotopic (exact) mass is 463 g/mol. The summed E-state index contributed by atoms with van der Waals surface area (Å²) < 4.78 is 0. The zero-order valence-electron chi connectivity index (χ0n) is 20.9. The molecule has 184 valence electrons. The predicted molar refractivity (Wildman–Crippen MR) is 140 cm³/mol. The fourth-order valence-electron chi connectivity index (χ4n) is 5.77. The summed E-state index contributed by atoms with van der Waals surface area (Å²) in [6, 6.07) is 8.99. The van der Waals surface area contributed by atoms with E-state index < -0.39 is 0 Å². The fourth-order valence-corrected chi connectivity index (χ4v) is 5.77. The van der Waals surface area contributed by atoms with Crippen LogP contribution in [0.25, 0.3) is 5.57 Å². The highest BCUT2D eigenvalue weighted by atomic mass is 16.2. The second-order valence-corrected chi connectivity index (χ2v) is 9.51. The van der Waals surface area contributed by atoms with Gasteiger partial charge in [-0.25, -0.2) is 0 Å². The molecule has 34 heavy (non-hydrogen) atoms. The van der Waals surface area contributed by atoms with Gasteiger partial charge in [0.25, 0.3) is 0 Å². The first kappa shape index (κ1) is 26.0. The first-order valence-corrected chi connectivity index (χ1v) is 12.9. The molecule has 2 amide bonds. The molecule has 0 spiro atoms. The summed E-state index contributed by atoms with van der Waals surface area (Å²) in [4.78, 5) is 23.3. The Morgan fingerprint density at radius 3 is 2.62 bits per heavy atom. The molecule has 0 radical (unpaired) electrons. The van der Waals surface area contributed by atoms with Crippen molar-refractivity contribution in [3.8, 4) is 0 Å². The third-order valence-electron chi connectivity index (χ3n) is 7.52. The van der Waals surface area contributed by atoms with Gasteiger partial charge in [0.2, 0.25) is 12.3 Å². The molecule has 1 atom stereocenters. The molecule has 0 saturated heterocycles. The van der Waals surface area contributed by atoms with E-state index in [1.807, 2.05) is 6.08 Å². The largest absolute Gasteiger partial charge is 0.356 e. The number of nitrogens with one attached hydrogen (secondary N) is 3. The standard InChI is InChI=1S/C29H41N3O2/c1-4-11-26-24(5-2)25-12-7-8-13-27(25)29(26,20-30-6-3)18-9-10-19-31-28(34)22-14-16-23(17-15-22)32-21-33/h4-5,7-8,11-13,21-23,30H,1,6,9-10,14-20H2,2-3H3,(H,31,34)(H,32,33)/b24-5-,26-11+. The number of carbonyl (C=O) groups is 2. The Kier molecular flexibility index (Phi) is 9.70. The number of carbonyl (C=O) groups excluding carboxylic acids is 2. The normalized spacial score (nSPS) is 26.3. The SMILES string of the molecule is C=C/C=C1\C(=C/C)c2ccccc2C1(CCCCNC(=O)C1CCC(NC=O)CC1)CNCC. The molecule has 1 aromatic carbocycles. The van der Waals surface area contributed by atoms with Gasteiger partial charge < -0.3 is 16.0 Å². The van der Waals surface area contributed by atoms with Crippen molar-refractivity contribution >= 4 is 17.9 Å². The van der Waals surface area contributed by atoms with Crippen LogP contribution in [0.1, 0.15) is 69.9 Å². The van der Waals surface area contributed by atoms with E-state index in [2.05, 4.69) is 72.8 Å². The number of likely N-dealkylation sites (N-methyl/N-ethyl adjacent to an activating group) is 1. The summed E-state index contributed by atoms with van der Waals surface area (Å²) >= 11 is 0. The molecule has 1 unspecified atom stereocenters. The summed E-state index contributed by atoms with van der Waals surface area (Å²) in [6.45, 7) is 10.8. The molecular weight excluding hydrogens is 422 g/mol. The molecule has 1 saturated carbocycles. The molecule has 3 rings (SSSR count). The molecule has 0 aliphatic heterocycles. The van der Waals surface area contributed by atoms with E-state index in [0.717, 1.165) is 64.4 Å². The Morgan fingerprint density at radius 2 is 1.94 bits per heavy atom. The van der Waals surface area contributed by atoms with Crippen molar-refractivity contribution in [2.75, 3.05) is 19.6 Å². The summed E-state index contributed by atoms with van der Waals surface area (Å²) in [7, 11) is 0. The Balaban J connectivity index is 1.62. The number of amides is 2. The van der Waals surface area contributed by atoms with Gasteiger partial charge in [0, 0.05) is 30.5 Å². The van der Waals surface area contributed by atoms with Gasteiger partial charge in [-0.1, -0.05) is 62.4 Å². The van der Waals surface area contributed by atoms with E-state index in [4.69, 9.17) is 0 Å². The quantitative estimate of drug-likeness (QED) is 0.312. The summed E-state index contributed by atoms with van der Waals surface area (Å²) in [5.74, 6) is 0.243. The predicted octanol–water partition coefficient (Wildman–Crippen LogP) is 4.65. The van der Waals surface area contributed by atoms with E-state index in [1.165, 1.54) is 22.3 Å². The van der Waals surface area contributed by atoms with Gasteiger partial charge in [-0.3, -0.25) is 9.59 Å². The van der Waals surface area contributed by atoms with E-state index in [0.29, 0.717) is 6.54 Å². The lowest BCUT2D eigenvalue weighted by atomic mass is 9.73. The van der Waals surface area contributed by atoms with E-state index >= 15 is 0 Å². The molecule has 5 heteroatoms. The van der Waals surface area contributed by atoms with Gasteiger partial charge in [-0.2, -0.15) is 0 Å². The topological polar surface area (TPSA) is 70.2 Å². The molecule has 0 bridgehead atoms. The Morgan fingerprint density at radius 1 is 1.18 bits per heavy atom. The molecule has 5 nitrogen and oxygen atoms in total. The second-order valence-electron chi connectivity index (χ2n) is 9.51. The highest BCUT2D eigenvalue weighted by Crippen LogP contribution is 2.52. The molecular formula is C29H41N3O2. The first-order valence-electron chi connectivity index (χ1n) is 12.9. The van der Waals surface area contributed by atoms with E-state index in [1.54, 1.807) is 0 Å². The minimum Gasteiger partial charge on any atom is -0.356 e. The van der Waals surface area contributed by atoms with Crippen LogP contribution in [0.5, 0.6) is 0 Å². The van der Waals surface area contributed by atoms with Crippen LogP contribution >= 0.6 is 0 Å². The van der Waals surface area contributed by atoms with Gasteiger partial charge in [0.1, 0.15) is 0 Å². The Bertz CT molecular complexity index is 912. The van der Waals surface area contributed by atoms with Crippen LogP contribution in [0.4, 0.5) is 0 Å². The van der Waals surface area contributed by atoms with Crippen LogP contribution < -0.4 is 16.0 Å². The van der Waals surface area contributed by atoms with Gasteiger partial charge in [-0.05, 0) is 74.3 Å². The minimum atomic E-state index is -0.0867. The summed E-state index contributed by atoms with van der Waals surface area (Å²) in [5, 5.41) is 9.63. The van der Waals surface area contributed by atoms with Crippen molar-refractivity contribution in [2.24, 2.45) is 5.92 Å². The van der Waals surface area contributed by atoms with Crippen LogP contribution in [-0.4, -0.2) is 38.0 Å². The average molecular weight is 464 g/mol. The maximum atomic E-state index is 12.6. The average Bonchev–Trinajstić information content (AvgIpc) is 3.12. The van der Waals surface area contributed by atoms with E-state index in [-0.39, 0.29) is 23.3 Å². The lowest BCUT2D eigenvalue weighted by Crippen LogP contribution is -2.39. The lowest BCUT2D eigenvalue weighted by Gasteiger charge is -2.33.